The van der Waals surface area contributed by atoms with Crippen LogP contribution in [-0.2, 0) is 11.3 Å². The van der Waals surface area contributed by atoms with Crippen molar-refractivity contribution in [3.63, 3.8) is 0 Å². The van der Waals surface area contributed by atoms with Gasteiger partial charge in [0.25, 0.3) is 0 Å². The topological polar surface area (TPSA) is 42.0 Å². The Morgan fingerprint density at radius 3 is 2.68 bits per heavy atom. The second kappa shape index (κ2) is 6.50. The molecule has 1 aromatic heterocycles. The van der Waals surface area contributed by atoms with Crippen LogP contribution in [0.25, 0.3) is 6.08 Å². The van der Waals surface area contributed by atoms with Crippen LogP contribution in [0.5, 0.6) is 0 Å². The molecular formula is C16H16N2O. The summed E-state index contributed by atoms with van der Waals surface area (Å²) in [5.41, 5.74) is 2.70. The number of hydrogen-bond donors (Lipinski definition) is 1. The van der Waals surface area contributed by atoms with E-state index >= 15 is 0 Å². The minimum absolute atomic E-state index is 0.0623. The summed E-state index contributed by atoms with van der Waals surface area (Å²) in [6.45, 7) is 2.30. The van der Waals surface area contributed by atoms with E-state index in [1.54, 1.807) is 12.4 Å². The number of carbonyl (C=O) groups is 1. The van der Waals surface area contributed by atoms with Crippen LogP contribution < -0.4 is 5.32 Å². The summed E-state index contributed by atoms with van der Waals surface area (Å²) < 4.78 is 0. The third-order valence-corrected chi connectivity index (χ3v) is 2.72. The zero-order valence-electron chi connectivity index (χ0n) is 10.8. The van der Waals surface area contributed by atoms with Crippen LogP contribution in [0.1, 0.15) is 18.1 Å². The Labute approximate surface area is 113 Å². The highest BCUT2D eigenvalue weighted by molar-refractivity contribution is 5.97. The first-order chi connectivity index (χ1) is 9.25. The summed E-state index contributed by atoms with van der Waals surface area (Å²) in [5, 5.41) is 2.87. The Kier molecular flexibility index (Phi) is 4.45. The van der Waals surface area contributed by atoms with Gasteiger partial charge in [-0.2, -0.15) is 0 Å². The number of nitrogens with one attached hydrogen (secondary N) is 1. The van der Waals surface area contributed by atoms with Gasteiger partial charge in [-0.15, -0.1) is 0 Å². The molecular weight excluding hydrogens is 236 g/mol. The SMILES string of the molecule is CC(=Cc1ccccc1)C(=O)NCc1cccnc1. The van der Waals surface area contributed by atoms with Crippen LogP contribution in [-0.4, -0.2) is 10.9 Å². The molecule has 0 saturated heterocycles. The molecule has 0 atom stereocenters. The average Bonchev–Trinajstić information content (AvgIpc) is 2.47. The number of pyridine rings is 1. The number of nitrogens with zero attached hydrogens (tertiary/aromatic N) is 1. The highest BCUT2D eigenvalue weighted by Gasteiger charge is 2.03. The molecule has 0 unspecified atom stereocenters. The third kappa shape index (κ3) is 4.07. The predicted octanol–water partition coefficient (Wildman–Crippen LogP) is 2.80. The fraction of sp³-hybridized carbons (Fsp3) is 0.125. The van der Waals surface area contributed by atoms with Crippen LogP contribution in [0.3, 0.4) is 0 Å². The molecule has 1 heterocycles. The Morgan fingerprint density at radius 2 is 2.00 bits per heavy atom. The molecule has 2 rings (SSSR count). The van der Waals surface area contributed by atoms with Crippen LogP contribution >= 0.6 is 0 Å². The van der Waals surface area contributed by atoms with E-state index in [9.17, 15) is 4.79 Å². The average molecular weight is 252 g/mol. The standard InChI is InChI=1S/C16H16N2O/c1-13(10-14-6-3-2-4-7-14)16(19)18-12-15-8-5-9-17-11-15/h2-11H,12H2,1H3,(H,18,19). The maximum Gasteiger partial charge on any atom is 0.247 e. The van der Waals surface area contributed by atoms with E-state index in [4.69, 9.17) is 0 Å². The Balaban J connectivity index is 1.95. The lowest BCUT2D eigenvalue weighted by Gasteiger charge is -2.05. The molecule has 0 aliphatic heterocycles. The molecule has 0 aliphatic carbocycles. The lowest BCUT2D eigenvalue weighted by molar-refractivity contribution is -0.117. The Morgan fingerprint density at radius 1 is 1.21 bits per heavy atom. The van der Waals surface area contributed by atoms with E-state index in [0.29, 0.717) is 12.1 Å². The zero-order valence-corrected chi connectivity index (χ0v) is 10.8. The second-order valence-electron chi connectivity index (χ2n) is 4.28. The van der Waals surface area contributed by atoms with Crippen molar-refractivity contribution in [1.29, 1.82) is 0 Å². The molecule has 0 fully saturated rings. The number of carbonyl (C=O) groups excluding carboxylic acids is 1. The van der Waals surface area contributed by atoms with Crippen LogP contribution in [0.15, 0.2) is 60.4 Å². The number of aromatic nitrogens is 1. The fourth-order valence-electron chi connectivity index (χ4n) is 1.69. The van der Waals surface area contributed by atoms with Crippen molar-refractivity contribution >= 4 is 12.0 Å². The van der Waals surface area contributed by atoms with Gasteiger partial charge in [0.1, 0.15) is 0 Å². The number of benzene rings is 1. The molecule has 0 spiro atoms. The predicted molar refractivity (Wildman–Crippen MR) is 76.2 cm³/mol. The molecule has 1 N–H and O–H groups in total. The smallest absolute Gasteiger partial charge is 0.247 e. The van der Waals surface area contributed by atoms with E-state index in [-0.39, 0.29) is 5.91 Å². The highest BCUT2D eigenvalue weighted by atomic mass is 16.1. The van der Waals surface area contributed by atoms with Crippen molar-refractivity contribution in [3.8, 4) is 0 Å². The van der Waals surface area contributed by atoms with Gasteiger partial charge in [-0.05, 0) is 30.2 Å². The molecule has 3 nitrogen and oxygen atoms in total. The molecule has 96 valence electrons. The van der Waals surface area contributed by atoms with Gasteiger partial charge < -0.3 is 5.32 Å². The van der Waals surface area contributed by atoms with E-state index < -0.39 is 0 Å². The summed E-state index contributed by atoms with van der Waals surface area (Å²) in [4.78, 5) is 15.9. The summed E-state index contributed by atoms with van der Waals surface area (Å²) in [6, 6.07) is 13.6. The van der Waals surface area contributed by atoms with Gasteiger partial charge in [-0.3, -0.25) is 9.78 Å². The largest absolute Gasteiger partial charge is 0.348 e. The first-order valence-electron chi connectivity index (χ1n) is 6.16. The normalized spacial score (nSPS) is 11.1. The van der Waals surface area contributed by atoms with Gasteiger partial charge >= 0.3 is 0 Å². The molecule has 1 aromatic carbocycles. The summed E-state index contributed by atoms with van der Waals surface area (Å²) in [5.74, 6) is -0.0623. The first-order valence-corrected chi connectivity index (χ1v) is 6.16. The van der Waals surface area contributed by atoms with Gasteiger partial charge in [-0.1, -0.05) is 36.4 Å². The molecule has 2 aromatic rings. The highest BCUT2D eigenvalue weighted by Crippen LogP contribution is 2.06. The Bertz CT molecular complexity index is 562. The molecule has 1 amide bonds. The second-order valence-corrected chi connectivity index (χ2v) is 4.28. The number of amides is 1. The van der Waals surface area contributed by atoms with Crippen LogP contribution in [0, 0.1) is 0 Å². The quantitative estimate of drug-likeness (QED) is 0.850. The lowest BCUT2D eigenvalue weighted by Crippen LogP contribution is -2.23. The molecule has 0 saturated carbocycles. The van der Waals surface area contributed by atoms with E-state index in [1.807, 2.05) is 55.5 Å². The summed E-state index contributed by atoms with van der Waals surface area (Å²) >= 11 is 0. The molecule has 19 heavy (non-hydrogen) atoms. The first kappa shape index (κ1) is 13.0. The third-order valence-electron chi connectivity index (χ3n) is 2.72. The van der Waals surface area contributed by atoms with Crippen molar-refractivity contribution in [2.75, 3.05) is 0 Å². The number of rotatable bonds is 4. The van der Waals surface area contributed by atoms with Gasteiger partial charge in [0.15, 0.2) is 0 Å². The number of hydrogen-bond acceptors (Lipinski definition) is 2. The maximum absolute atomic E-state index is 11.9. The van der Waals surface area contributed by atoms with E-state index in [1.165, 1.54) is 0 Å². The van der Waals surface area contributed by atoms with Gasteiger partial charge in [-0.25, -0.2) is 0 Å². The minimum atomic E-state index is -0.0623. The van der Waals surface area contributed by atoms with Gasteiger partial charge in [0.05, 0.1) is 0 Å². The minimum Gasteiger partial charge on any atom is -0.348 e. The molecule has 0 aliphatic rings. The van der Waals surface area contributed by atoms with Crippen molar-refractivity contribution in [1.82, 2.24) is 10.3 Å². The van der Waals surface area contributed by atoms with Crippen LogP contribution in [0.2, 0.25) is 0 Å². The molecule has 0 bridgehead atoms. The van der Waals surface area contributed by atoms with Crippen molar-refractivity contribution in [2.24, 2.45) is 0 Å². The maximum atomic E-state index is 11.9. The lowest BCUT2D eigenvalue weighted by atomic mass is 10.1. The monoisotopic (exact) mass is 252 g/mol. The Hall–Kier alpha value is -2.42. The summed E-state index contributed by atoms with van der Waals surface area (Å²) in [6.07, 6.45) is 5.33. The van der Waals surface area contributed by atoms with Crippen molar-refractivity contribution < 1.29 is 4.79 Å². The van der Waals surface area contributed by atoms with Crippen molar-refractivity contribution in [3.05, 3.63) is 71.6 Å². The fourth-order valence-corrected chi connectivity index (χ4v) is 1.69. The molecule has 0 radical (unpaired) electrons. The van der Waals surface area contributed by atoms with E-state index in [2.05, 4.69) is 10.3 Å². The summed E-state index contributed by atoms with van der Waals surface area (Å²) in [7, 11) is 0. The van der Waals surface area contributed by atoms with Gasteiger partial charge in [0, 0.05) is 24.5 Å². The van der Waals surface area contributed by atoms with Crippen LogP contribution in [0.4, 0.5) is 0 Å². The van der Waals surface area contributed by atoms with Gasteiger partial charge in [0.2, 0.25) is 5.91 Å². The van der Waals surface area contributed by atoms with E-state index in [0.717, 1.165) is 11.1 Å². The zero-order chi connectivity index (χ0) is 13.5. The van der Waals surface area contributed by atoms with Crippen molar-refractivity contribution in [2.45, 2.75) is 13.5 Å². The molecule has 3 heteroatoms.